The molecule has 1 rings (SSSR count). The maximum Gasteiger partial charge on any atom is 0.139 e. The average Bonchev–Trinajstić information content (AvgIpc) is 2.34. The zero-order valence-corrected chi connectivity index (χ0v) is 8.86. The number of ketones is 1. The van der Waals surface area contributed by atoms with E-state index in [4.69, 9.17) is 5.73 Å². The Morgan fingerprint density at radius 3 is 2.77 bits per heavy atom. The first-order valence-corrected chi connectivity index (χ1v) is 5.18. The van der Waals surface area contributed by atoms with Crippen molar-refractivity contribution >= 4 is 17.1 Å². The summed E-state index contributed by atoms with van der Waals surface area (Å²) in [6, 6.07) is 3.94. The molecule has 0 spiro atoms. The zero-order valence-electron chi connectivity index (χ0n) is 8.04. The second kappa shape index (κ2) is 4.03. The molecule has 72 valence electrons. The molecule has 2 nitrogen and oxygen atoms in total. The van der Waals surface area contributed by atoms with Gasteiger partial charge in [0.1, 0.15) is 5.78 Å². The van der Waals surface area contributed by atoms with Gasteiger partial charge in [-0.25, -0.2) is 0 Å². The summed E-state index contributed by atoms with van der Waals surface area (Å²) in [5.74, 6) is 0.218. The van der Waals surface area contributed by atoms with Crippen LogP contribution in [0, 0.1) is 0 Å². The Labute approximate surface area is 82.8 Å². The highest BCUT2D eigenvalue weighted by atomic mass is 32.1. The molecule has 1 heterocycles. The second-order valence-corrected chi connectivity index (χ2v) is 4.99. The number of rotatable bonds is 4. The number of nitrogens with two attached hydrogens (primary N) is 1. The lowest BCUT2D eigenvalue weighted by molar-refractivity contribution is -0.119. The number of hydrogen-bond donors (Lipinski definition) is 1. The maximum atomic E-state index is 11.5. The normalized spacial score (nSPS) is 11.6. The Kier molecular flexibility index (Phi) is 3.22. The predicted molar refractivity (Wildman–Crippen MR) is 55.9 cm³/mol. The molecule has 0 amide bonds. The third-order valence-corrected chi connectivity index (χ3v) is 2.48. The summed E-state index contributed by atoms with van der Waals surface area (Å²) in [5, 5.41) is 1.98. The molecule has 0 aliphatic carbocycles. The monoisotopic (exact) mass is 197 g/mol. The van der Waals surface area contributed by atoms with Gasteiger partial charge in [-0.1, -0.05) is 6.07 Å². The van der Waals surface area contributed by atoms with Gasteiger partial charge in [0.2, 0.25) is 0 Å². The highest BCUT2D eigenvalue weighted by Gasteiger charge is 2.16. The molecule has 0 aliphatic rings. The van der Waals surface area contributed by atoms with Crippen molar-refractivity contribution in [1.29, 1.82) is 0 Å². The standard InChI is InChI=1S/C10H15NOS/c1-10(2,11)7-8(12)6-9-4-3-5-13-9/h3-5H,6-7,11H2,1-2H3. The van der Waals surface area contributed by atoms with Gasteiger partial charge in [-0.15, -0.1) is 11.3 Å². The summed E-state index contributed by atoms with van der Waals surface area (Å²) in [6.45, 7) is 3.75. The molecule has 0 saturated heterocycles. The van der Waals surface area contributed by atoms with Crippen LogP contribution in [0.5, 0.6) is 0 Å². The molecule has 0 unspecified atom stereocenters. The quantitative estimate of drug-likeness (QED) is 0.802. The van der Waals surface area contributed by atoms with E-state index in [0.29, 0.717) is 12.8 Å². The van der Waals surface area contributed by atoms with Crippen LogP contribution >= 0.6 is 11.3 Å². The number of hydrogen-bond acceptors (Lipinski definition) is 3. The number of Topliss-reactive ketones (excluding diaryl/α,β-unsaturated/α-hetero) is 1. The van der Waals surface area contributed by atoms with Gasteiger partial charge >= 0.3 is 0 Å². The van der Waals surface area contributed by atoms with Gasteiger partial charge in [0.15, 0.2) is 0 Å². The highest BCUT2D eigenvalue weighted by Crippen LogP contribution is 2.13. The molecule has 1 aromatic heterocycles. The summed E-state index contributed by atoms with van der Waals surface area (Å²) >= 11 is 1.62. The van der Waals surface area contributed by atoms with Gasteiger partial charge in [-0.3, -0.25) is 4.79 Å². The summed E-state index contributed by atoms with van der Waals surface area (Å²) in [6.07, 6.45) is 0.975. The van der Waals surface area contributed by atoms with Crippen LogP contribution < -0.4 is 5.73 Å². The smallest absolute Gasteiger partial charge is 0.139 e. The Hall–Kier alpha value is -0.670. The molecule has 0 fully saturated rings. The highest BCUT2D eigenvalue weighted by molar-refractivity contribution is 7.10. The van der Waals surface area contributed by atoms with E-state index in [-0.39, 0.29) is 11.3 Å². The fourth-order valence-electron chi connectivity index (χ4n) is 1.18. The van der Waals surface area contributed by atoms with Gasteiger partial charge in [-0.2, -0.15) is 0 Å². The van der Waals surface area contributed by atoms with Gasteiger partial charge in [0.25, 0.3) is 0 Å². The van der Waals surface area contributed by atoms with Crippen molar-refractivity contribution in [1.82, 2.24) is 0 Å². The van der Waals surface area contributed by atoms with Gasteiger partial charge in [0, 0.05) is 23.3 Å². The van der Waals surface area contributed by atoms with Crippen LogP contribution in [0.25, 0.3) is 0 Å². The second-order valence-electron chi connectivity index (χ2n) is 3.96. The van der Waals surface area contributed by atoms with E-state index >= 15 is 0 Å². The lowest BCUT2D eigenvalue weighted by atomic mass is 9.97. The third kappa shape index (κ3) is 4.20. The summed E-state index contributed by atoms with van der Waals surface area (Å²) < 4.78 is 0. The molecule has 1 aromatic rings. The van der Waals surface area contributed by atoms with E-state index in [1.807, 2.05) is 31.4 Å². The van der Waals surface area contributed by atoms with E-state index in [0.717, 1.165) is 4.88 Å². The summed E-state index contributed by atoms with van der Waals surface area (Å²) in [7, 11) is 0. The average molecular weight is 197 g/mol. The van der Waals surface area contributed by atoms with Crippen molar-refractivity contribution in [3.05, 3.63) is 22.4 Å². The van der Waals surface area contributed by atoms with E-state index < -0.39 is 0 Å². The number of carbonyl (C=O) groups excluding carboxylic acids is 1. The molecule has 0 aliphatic heterocycles. The molecule has 3 heteroatoms. The lowest BCUT2D eigenvalue weighted by Gasteiger charge is -2.16. The van der Waals surface area contributed by atoms with Gasteiger partial charge < -0.3 is 5.73 Å². The molecule has 0 atom stereocenters. The van der Waals surface area contributed by atoms with Crippen LogP contribution in [0.4, 0.5) is 0 Å². The molecular formula is C10H15NOS. The zero-order chi connectivity index (χ0) is 9.90. The fourth-order valence-corrected chi connectivity index (χ4v) is 1.91. The number of thiophene rings is 1. The Morgan fingerprint density at radius 1 is 1.62 bits per heavy atom. The first-order chi connectivity index (χ1) is 5.97. The lowest BCUT2D eigenvalue weighted by Crippen LogP contribution is -2.35. The molecule has 2 N–H and O–H groups in total. The van der Waals surface area contributed by atoms with Crippen LogP contribution in [0.15, 0.2) is 17.5 Å². The molecule has 13 heavy (non-hydrogen) atoms. The van der Waals surface area contributed by atoms with E-state index in [9.17, 15) is 4.79 Å². The van der Waals surface area contributed by atoms with Crippen molar-refractivity contribution in [2.75, 3.05) is 0 Å². The van der Waals surface area contributed by atoms with Crippen molar-refractivity contribution in [3.63, 3.8) is 0 Å². The minimum atomic E-state index is -0.381. The predicted octanol–water partition coefficient (Wildman–Crippen LogP) is 1.99. The molecule has 0 saturated carbocycles. The van der Waals surface area contributed by atoms with Crippen LogP contribution in [0.2, 0.25) is 0 Å². The SMILES string of the molecule is CC(C)(N)CC(=O)Cc1cccs1. The first kappa shape index (κ1) is 10.4. The Balaban J connectivity index is 2.43. The van der Waals surface area contributed by atoms with Gasteiger partial charge in [-0.05, 0) is 25.3 Å². The summed E-state index contributed by atoms with van der Waals surface area (Å²) in [4.78, 5) is 12.6. The Bertz CT molecular complexity index is 272. The van der Waals surface area contributed by atoms with Crippen LogP contribution in [0.3, 0.4) is 0 Å². The minimum Gasteiger partial charge on any atom is -0.325 e. The van der Waals surface area contributed by atoms with E-state index in [1.165, 1.54) is 0 Å². The van der Waals surface area contributed by atoms with Crippen LogP contribution in [-0.4, -0.2) is 11.3 Å². The van der Waals surface area contributed by atoms with Crippen molar-refractivity contribution < 1.29 is 4.79 Å². The molecule has 0 radical (unpaired) electrons. The van der Waals surface area contributed by atoms with Crippen LogP contribution in [0.1, 0.15) is 25.1 Å². The third-order valence-electron chi connectivity index (χ3n) is 1.60. The topological polar surface area (TPSA) is 43.1 Å². The van der Waals surface area contributed by atoms with Crippen molar-refractivity contribution in [2.45, 2.75) is 32.2 Å². The van der Waals surface area contributed by atoms with E-state index in [2.05, 4.69) is 0 Å². The number of carbonyl (C=O) groups is 1. The van der Waals surface area contributed by atoms with E-state index in [1.54, 1.807) is 11.3 Å². The molecular weight excluding hydrogens is 182 g/mol. The molecule has 0 bridgehead atoms. The van der Waals surface area contributed by atoms with Crippen molar-refractivity contribution in [2.24, 2.45) is 5.73 Å². The van der Waals surface area contributed by atoms with Crippen LogP contribution in [-0.2, 0) is 11.2 Å². The molecule has 0 aromatic carbocycles. The maximum absolute atomic E-state index is 11.5. The van der Waals surface area contributed by atoms with Gasteiger partial charge in [0.05, 0.1) is 0 Å². The first-order valence-electron chi connectivity index (χ1n) is 4.30. The fraction of sp³-hybridized carbons (Fsp3) is 0.500. The minimum absolute atomic E-state index is 0.218. The summed E-state index contributed by atoms with van der Waals surface area (Å²) in [5.41, 5.74) is 5.37. The van der Waals surface area contributed by atoms with Crippen molar-refractivity contribution in [3.8, 4) is 0 Å². The Morgan fingerprint density at radius 2 is 2.31 bits per heavy atom. The largest absolute Gasteiger partial charge is 0.325 e.